The summed E-state index contributed by atoms with van der Waals surface area (Å²) in [6, 6.07) is 3.97. The average Bonchev–Trinajstić information content (AvgIpc) is 2.85. The van der Waals surface area contributed by atoms with Crippen LogP contribution in [0.25, 0.3) is 11.4 Å². The number of aromatic nitrogens is 4. The standard InChI is InChI=1S/C13H15N5OS/c1-17-8-10(4-5-11(17)19)18-12(15-16-13(18)20)9-3-2-6-14-7-9/h2-3,6-7,10H,4-5,8H2,1H3,(H,16,20). The van der Waals surface area contributed by atoms with Crippen LogP contribution in [0.5, 0.6) is 0 Å². The number of likely N-dealkylation sites (N-methyl/N-ethyl adjacent to an activating group) is 1. The molecule has 1 aliphatic heterocycles. The van der Waals surface area contributed by atoms with Crippen LogP contribution in [0.1, 0.15) is 18.9 Å². The van der Waals surface area contributed by atoms with Crippen molar-refractivity contribution in [2.24, 2.45) is 0 Å². The lowest BCUT2D eigenvalue weighted by molar-refractivity contribution is -0.132. The molecule has 1 N–H and O–H groups in total. The number of carbonyl (C=O) groups is 1. The Bertz CT molecular complexity index is 678. The second kappa shape index (κ2) is 5.16. The highest BCUT2D eigenvalue weighted by molar-refractivity contribution is 7.71. The Balaban J connectivity index is 2.00. The number of rotatable bonds is 2. The van der Waals surface area contributed by atoms with Crippen LogP contribution in [0.4, 0.5) is 0 Å². The van der Waals surface area contributed by atoms with E-state index >= 15 is 0 Å². The predicted octanol–water partition coefficient (Wildman–Crippen LogP) is 1.80. The van der Waals surface area contributed by atoms with E-state index in [1.165, 1.54) is 0 Å². The van der Waals surface area contributed by atoms with E-state index in [9.17, 15) is 4.79 Å². The van der Waals surface area contributed by atoms with Crippen molar-refractivity contribution in [3.05, 3.63) is 29.3 Å². The topological polar surface area (TPSA) is 66.8 Å². The van der Waals surface area contributed by atoms with Gasteiger partial charge in [-0.05, 0) is 30.8 Å². The summed E-state index contributed by atoms with van der Waals surface area (Å²) in [4.78, 5) is 17.5. The summed E-state index contributed by atoms with van der Waals surface area (Å²) < 4.78 is 2.58. The summed E-state index contributed by atoms with van der Waals surface area (Å²) >= 11 is 5.34. The third-order valence-electron chi connectivity index (χ3n) is 3.59. The fourth-order valence-corrected chi connectivity index (χ4v) is 2.82. The second-order valence-corrected chi connectivity index (χ2v) is 5.32. The van der Waals surface area contributed by atoms with Crippen molar-refractivity contribution in [2.45, 2.75) is 18.9 Å². The van der Waals surface area contributed by atoms with Gasteiger partial charge in [-0.3, -0.25) is 19.4 Å². The van der Waals surface area contributed by atoms with Gasteiger partial charge in [0, 0.05) is 38.0 Å². The highest BCUT2D eigenvalue weighted by Gasteiger charge is 2.26. The molecule has 0 bridgehead atoms. The highest BCUT2D eigenvalue weighted by atomic mass is 32.1. The van der Waals surface area contributed by atoms with E-state index in [4.69, 9.17) is 12.2 Å². The second-order valence-electron chi connectivity index (χ2n) is 4.93. The number of carbonyl (C=O) groups excluding carboxylic acids is 1. The zero-order chi connectivity index (χ0) is 14.1. The molecule has 1 atom stereocenters. The van der Waals surface area contributed by atoms with Crippen LogP contribution in [-0.2, 0) is 4.79 Å². The quantitative estimate of drug-likeness (QED) is 0.856. The van der Waals surface area contributed by atoms with Crippen LogP contribution in [0.2, 0.25) is 0 Å². The molecule has 0 aromatic carbocycles. The molecule has 3 rings (SSSR count). The highest BCUT2D eigenvalue weighted by Crippen LogP contribution is 2.26. The fourth-order valence-electron chi connectivity index (χ4n) is 2.54. The van der Waals surface area contributed by atoms with Gasteiger partial charge >= 0.3 is 0 Å². The molecule has 0 radical (unpaired) electrons. The van der Waals surface area contributed by atoms with Gasteiger partial charge in [0.05, 0.1) is 6.04 Å². The summed E-state index contributed by atoms with van der Waals surface area (Å²) in [7, 11) is 1.82. The number of pyridine rings is 1. The molecular weight excluding hydrogens is 274 g/mol. The van der Waals surface area contributed by atoms with Gasteiger partial charge in [0.25, 0.3) is 0 Å². The van der Waals surface area contributed by atoms with Crippen LogP contribution in [0, 0.1) is 4.77 Å². The van der Waals surface area contributed by atoms with Crippen LogP contribution in [-0.4, -0.2) is 44.1 Å². The molecule has 2 aromatic rings. The Kier molecular flexibility index (Phi) is 3.35. The molecule has 20 heavy (non-hydrogen) atoms. The van der Waals surface area contributed by atoms with Crippen molar-refractivity contribution in [3.63, 3.8) is 0 Å². The smallest absolute Gasteiger partial charge is 0.222 e. The molecule has 1 unspecified atom stereocenters. The van der Waals surface area contributed by atoms with Gasteiger partial charge in [-0.1, -0.05) is 0 Å². The van der Waals surface area contributed by atoms with Gasteiger partial charge in [0.2, 0.25) is 5.91 Å². The molecular formula is C13H15N5OS. The molecule has 7 heteroatoms. The molecule has 0 aliphatic carbocycles. The number of hydrogen-bond donors (Lipinski definition) is 1. The molecule has 1 saturated heterocycles. The number of aromatic amines is 1. The predicted molar refractivity (Wildman–Crippen MR) is 76.6 cm³/mol. The molecule has 104 valence electrons. The maximum absolute atomic E-state index is 11.6. The molecule has 1 amide bonds. The van der Waals surface area contributed by atoms with Gasteiger partial charge in [0.1, 0.15) is 0 Å². The van der Waals surface area contributed by atoms with E-state index < -0.39 is 0 Å². The van der Waals surface area contributed by atoms with Gasteiger partial charge in [-0.15, -0.1) is 0 Å². The van der Waals surface area contributed by atoms with E-state index in [-0.39, 0.29) is 11.9 Å². The first-order valence-corrected chi connectivity index (χ1v) is 6.89. The average molecular weight is 289 g/mol. The molecule has 3 heterocycles. The van der Waals surface area contributed by atoms with Crippen molar-refractivity contribution >= 4 is 18.1 Å². The number of nitrogens with one attached hydrogen (secondary N) is 1. The zero-order valence-corrected chi connectivity index (χ0v) is 11.9. The SMILES string of the molecule is CN1CC(n2c(-c3cccnc3)n[nH]c2=S)CCC1=O. The maximum atomic E-state index is 11.6. The summed E-state index contributed by atoms with van der Waals surface area (Å²) in [5.74, 6) is 0.954. The summed E-state index contributed by atoms with van der Waals surface area (Å²) in [6.07, 6.45) is 4.81. The van der Waals surface area contributed by atoms with Crippen molar-refractivity contribution in [1.82, 2.24) is 24.6 Å². The molecule has 0 spiro atoms. The first-order chi connectivity index (χ1) is 9.66. The van der Waals surface area contributed by atoms with Gasteiger partial charge in [0.15, 0.2) is 10.6 Å². The summed E-state index contributed by atoms with van der Waals surface area (Å²) in [6.45, 7) is 0.653. The molecule has 1 aliphatic rings. The van der Waals surface area contributed by atoms with Gasteiger partial charge in [-0.2, -0.15) is 5.10 Å². The van der Waals surface area contributed by atoms with E-state index in [0.29, 0.717) is 17.7 Å². The molecule has 1 fully saturated rings. The van der Waals surface area contributed by atoms with Crippen molar-refractivity contribution in [3.8, 4) is 11.4 Å². The molecule has 2 aromatic heterocycles. The lowest BCUT2D eigenvalue weighted by Crippen LogP contribution is -2.38. The zero-order valence-electron chi connectivity index (χ0n) is 11.1. The largest absolute Gasteiger partial charge is 0.344 e. The lowest BCUT2D eigenvalue weighted by atomic mass is 10.1. The van der Waals surface area contributed by atoms with Crippen LogP contribution < -0.4 is 0 Å². The van der Waals surface area contributed by atoms with Crippen LogP contribution in [0.15, 0.2) is 24.5 Å². The third kappa shape index (κ3) is 2.24. The number of piperidine rings is 1. The fraction of sp³-hybridized carbons (Fsp3) is 0.385. The Morgan fingerprint density at radius 3 is 3.05 bits per heavy atom. The van der Waals surface area contributed by atoms with E-state index in [0.717, 1.165) is 17.8 Å². The van der Waals surface area contributed by atoms with E-state index in [1.807, 2.05) is 23.7 Å². The summed E-state index contributed by atoms with van der Waals surface area (Å²) in [5.41, 5.74) is 0.916. The van der Waals surface area contributed by atoms with Gasteiger partial charge < -0.3 is 4.90 Å². The van der Waals surface area contributed by atoms with Crippen LogP contribution >= 0.6 is 12.2 Å². The number of likely N-dealkylation sites (tertiary alicyclic amines) is 1. The minimum atomic E-state index is 0.152. The Hall–Kier alpha value is -2.02. The Morgan fingerprint density at radius 1 is 1.50 bits per heavy atom. The molecule has 0 saturated carbocycles. The Morgan fingerprint density at radius 2 is 2.35 bits per heavy atom. The third-order valence-corrected chi connectivity index (χ3v) is 3.88. The van der Waals surface area contributed by atoms with Crippen molar-refractivity contribution < 1.29 is 4.79 Å². The van der Waals surface area contributed by atoms with Crippen molar-refractivity contribution in [2.75, 3.05) is 13.6 Å². The number of amides is 1. The normalized spacial score (nSPS) is 19.4. The monoisotopic (exact) mass is 289 g/mol. The first-order valence-electron chi connectivity index (χ1n) is 6.48. The first kappa shape index (κ1) is 13.0. The van der Waals surface area contributed by atoms with E-state index in [2.05, 4.69) is 15.2 Å². The Labute approximate surface area is 121 Å². The van der Waals surface area contributed by atoms with E-state index in [1.54, 1.807) is 17.3 Å². The van der Waals surface area contributed by atoms with Crippen molar-refractivity contribution in [1.29, 1.82) is 0 Å². The number of hydrogen-bond acceptors (Lipinski definition) is 4. The lowest BCUT2D eigenvalue weighted by Gasteiger charge is -2.30. The maximum Gasteiger partial charge on any atom is 0.222 e. The molecule has 6 nitrogen and oxygen atoms in total. The number of nitrogens with zero attached hydrogens (tertiary/aromatic N) is 4. The van der Waals surface area contributed by atoms with Crippen LogP contribution in [0.3, 0.4) is 0 Å². The minimum Gasteiger partial charge on any atom is -0.344 e. The minimum absolute atomic E-state index is 0.152. The number of H-pyrrole nitrogens is 1. The summed E-state index contributed by atoms with van der Waals surface area (Å²) in [5, 5.41) is 7.15. The van der Waals surface area contributed by atoms with Gasteiger partial charge in [-0.25, -0.2) is 0 Å².